The largest absolute Gasteiger partial charge is 0.352 e. The fourth-order valence-electron chi connectivity index (χ4n) is 3.03. The van der Waals surface area contributed by atoms with E-state index < -0.39 is 5.82 Å². The highest BCUT2D eigenvalue weighted by Gasteiger charge is 2.22. The summed E-state index contributed by atoms with van der Waals surface area (Å²) in [6.45, 7) is 2.38. The fraction of sp³-hybridized carbons (Fsp3) is 0.211. The molecule has 9 heteroatoms. The summed E-state index contributed by atoms with van der Waals surface area (Å²) in [7, 11) is 0. The number of nitrogens with zero attached hydrogens (tertiary/aromatic N) is 5. The van der Waals surface area contributed by atoms with Gasteiger partial charge in [0.2, 0.25) is 0 Å². The van der Waals surface area contributed by atoms with Gasteiger partial charge in [-0.15, -0.1) is 10.2 Å². The first-order valence-electron chi connectivity index (χ1n) is 8.83. The lowest BCUT2D eigenvalue weighted by Gasteiger charge is -2.35. The Morgan fingerprint density at radius 2 is 1.68 bits per heavy atom. The quantitative estimate of drug-likeness (QED) is 0.731. The molecule has 0 radical (unpaired) electrons. The van der Waals surface area contributed by atoms with Crippen molar-refractivity contribution in [3.63, 3.8) is 0 Å². The van der Waals surface area contributed by atoms with E-state index >= 15 is 0 Å². The van der Waals surface area contributed by atoms with E-state index in [9.17, 15) is 9.18 Å². The van der Waals surface area contributed by atoms with E-state index in [0.29, 0.717) is 31.9 Å². The summed E-state index contributed by atoms with van der Waals surface area (Å²) in [4.78, 5) is 16.2. The van der Waals surface area contributed by atoms with Gasteiger partial charge in [0.25, 0.3) is 0 Å². The maximum atomic E-state index is 13.2. The van der Waals surface area contributed by atoms with Gasteiger partial charge in [-0.3, -0.25) is 0 Å². The Bertz CT molecular complexity index is 955. The topological polar surface area (TPSA) is 66.3 Å². The zero-order valence-electron chi connectivity index (χ0n) is 14.9. The average molecular weight is 401 g/mol. The maximum Gasteiger partial charge on any atom is 0.321 e. The summed E-state index contributed by atoms with van der Waals surface area (Å²) >= 11 is 5.75. The Labute approximate surface area is 166 Å². The van der Waals surface area contributed by atoms with Crippen LogP contribution in [0.2, 0.25) is 5.02 Å². The molecule has 144 valence electrons. The van der Waals surface area contributed by atoms with Gasteiger partial charge < -0.3 is 19.7 Å². The second-order valence-electron chi connectivity index (χ2n) is 6.37. The van der Waals surface area contributed by atoms with Crippen LogP contribution in [-0.4, -0.2) is 51.9 Å². The number of benzene rings is 1. The van der Waals surface area contributed by atoms with E-state index in [0.717, 1.165) is 11.6 Å². The Kier molecular flexibility index (Phi) is 5.12. The molecule has 1 aliphatic heterocycles. The van der Waals surface area contributed by atoms with Gasteiger partial charge in [-0.05, 0) is 42.5 Å². The second kappa shape index (κ2) is 7.85. The molecular formula is C19H18ClFN6O. The van der Waals surface area contributed by atoms with E-state index in [1.54, 1.807) is 4.90 Å². The third kappa shape index (κ3) is 3.91. The number of hydrogen-bond acceptors (Lipinski definition) is 4. The molecule has 1 saturated heterocycles. The molecular weight excluding hydrogens is 383 g/mol. The van der Waals surface area contributed by atoms with Crippen molar-refractivity contribution in [2.45, 2.75) is 0 Å². The summed E-state index contributed by atoms with van der Waals surface area (Å²) in [5.74, 6) is 1.02. The highest BCUT2D eigenvalue weighted by atomic mass is 35.5. The van der Waals surface area contributed by atoms with Crippen LogP contribution in [0.4, 0.5) is 20.7 Å². The molecule has 1 fully saturated rings. The van der Waals surface area contributed by atoms with Gasteiger partial charge >= 0.3 is 6.03 Å². The van der Waals surface area contributed by atoms with Gasteiger partial charge in [0, 0.05) is 44.3 Å². The summed E-state index contributed by atoms with van der Waals surface area (Å²) in [6.07, 6.45) is 3.82. The van der Waals surface area contributed by atoms with Crippen LogP contribution < -0.4 is 10.2 Å². The van der Waals surface area contributed by atoms with Crippen LogP contribution >= 0.6 is 11.6 Å². The average Bonchev–Trinajstić information content (AvgIpc) is 3.26. The number of halogens is 2. The highest BCUT2D eigenvalue weighted by Crippen LogP contribution is 2.20. The second-order valence-corrected chi connectivity index (χ2v) is 6.78. The zero-order valence-corrected chi connectivity index (χ0v) is 15.7. The van der Waals surface area contributed by atoms with Crippen LogP contribution in [0.3, 0.4) is 0 Å². The van der Waals surface area contributed by atoms with Gasteiger partial charge in [0.05, 0.1) is 5.02 Å². The lowest BCUT2D eigenvalue weighted by atomic mass is 10.3. The third-order valence-electron chi connectivity index (χ3n) is 4.57. The number of piperazine rings is 1. The molecule has 2 amide bonds. The number of rotatable bonds is 3. The smallest absolute Gasteiger partial charge is 0.321 e. The van der Waals surface area contributed by atoms with E-state index in [4.69, 9.17) is 11.6 Å². The SMILES string of the molecule is O=C(Nc1ccc(F)c(Cl)c1)N1CCN(c2ccc(-n3cccc3)nn2)CC1. The first-order chi connectivity index (χ1) is 13.6. The van der Waals surface area contributed by atoms with Crippen molar-refractivity contribution in [1.82, 2.24) is 19.7 Å². The minimum atomic E-state index is -0.516. The van der Waals surface area contributed by atoms with Crippen LogP contribution in [0.5, 0.6) is 0 Å². The molecule has 0 aliphatic carbocycles. The van der Waals surface area contributed by atoms with Gasteiger partial charge in [-0.25, -0.2) is 9.18 Å². The maximum absolute atomic E-state index is 13.2. The number of carbonyl (C=O) groups is 1. The molecule has 0 bridgehead atoms. The van der Waals surface area contributed by atoms with Crippen molar-refractivity contribution >= 4 is 29.1 Å². The highest BCUT2D eigenvalue weighted by molar-refractivity contribution is 6.31. The van der Waals surface area contributed by atoms with Gasteiger partial charge in [0.1, 0.15) is 5.82 Å². The summed E-state index contributed by atoms with van der Waals surface area (Å²) in [6, 6.07) is 11.6. The van der Waals surface area contributed by atoms with Crippen LogP contribution in [-0.2, 0) is 0 Å². The number of aromatic nitrogens is 3. The molecule has 2 aromatic heterocycles. The Morgan fingerprint density at radius 1 is 1.00 bits per heavy atom. The summed E-state index contributed by atoms with van der Waals surface area (Å²) in [5.41, 5.74) is 0.463. The Hall–Kier alpha value is -3.13. The normalized spacial score (nSPS) is 14.2. The van der Waals surface area contributed by atoms with Gasteiger partial charge in [-0.1, -0.05) is 11.6 Å². The molecule has 1 N–H and O–H groups in total. The molecule has 7 nitrogen and oxygen atoms in total. The standard InChI is InChI=1S/C19H18ClFN6O/c20-15-13-14(3-4-16(15)21)22-19(28)27-11-9-26(10-12-27)18-6-5-17(23-24-18)25-7-1-2-8-25/h1-8,13H,9-12H2,(H,22,28). The molecule has 0 unspecified atom stereocenters. The number of amides is 2. The monoisotopic (exact) mass is 400 g/mol. The molecule has 4 rings (SSSR count). The molecule has 0 atom stereocenters. The van der Waals surface area contributed by atoms with E-state index in [-0.39, 0.29) is 11.1 Å². The van der Waals surface area contributed by atoms with Crippen LogP contribution in [0.1, 0.15) is 0 Å². The number of nitrogens with one attached hydrogen (secondary N) is 1. The van der Waals surface area contributed by atoms with Crippen molar-refractivity contribution in [1.29, 1.82) is 0 Å². The predicted octanol–water partition coefficient (Wildman–Crippen LogP) is 3.41. The van der Waals surface area contributed by atoms with Crippen molar-refractivity contribution in [2.75, 3.05) is 36.4 Å². The van der Waals surface area contributed by atoms with Crippen molar-refractivity contribution in [3.05, 3.63) is 65.7 Å². The molecule has 0 saturated carbocycles. The van der Waals surface area contributed by atoms with E-state index in [1.165, 1.54) is 18.2 Å². The minimum absolute atomic E-state index is 0.0236. The molecule has 1 aromatic carbocycles. The number of anilines is 2. The number of carbonyl (C=O) groups excluding carboxylic acids is 1. The minimum Gasteiger partial charge on any atom is -0.352 e. The van der Waals surface area contributed by atoms with E-state index in [1.807, 2.05) is 41.2 Å². The molecule has 28 heavy (non-hydrogen) atoms. The van der Waals surface area contributed by atoms with Crippen LogP contribution in [0.15, 0.2) is 54.9 Å². The molecule has 0 spiro atoms. The molecule has 3 heterocycles. The lowest BCUT2D eigenvalue weighted by molar-refractivity contribution is 0.208. The fourth-order valence-corrected chi connectivity index (χ4v) is 3.21. The zero-order chi connectivity index (χ0) is 19.5. The Balaban J connectivity index is 1.33. The third-order valence-corrected chi connectivity index (χ3v) is 4.86. The first kappa shape index (κ1) is 18.2. The van der Waals surface area contributed by atoms with Gasteiger partial charge in [0.15, 0.2) is 11.6 Å². The van der Waals surface area contributed by atoms with Gasteiger partial charge in [-0.2, -0.15) is 0 Å². The number of urea groups is 1. The molecule has 3 aromatic rings. The Morgan fingerprint density at radius 3 is 2.32 bits per heavy atom. The lowest BCUT2D eigenvalue weighted by Crippen LogP contribution is -2.50. The number of hydrogen-bond donors (Lipinski definition) is 1. The van der Waals surface area contributed by atoms with Crippen LogP contribution in [0.25, 0.3) is 5.82 Å². The summed E-state index contributed by atoms with van der Waals surface area (Å²) < 4.78 is 15.1. The van der Waals surface area contributed by atoms with Crippen molar-refractivity contribution < 1.29 is 9.18 Å². The first-order valence-corrected chi connectivity index (χ1v) is 9.21. The van der Waals surface area contributed by atoms with E-state index in [2.05, 4.69) is 20.4 Å². The van der Waals surface area contributed by atoms with Crippen LogP contribution in [0, 0.1) is 5.82 Å². The van der Waals surface area contributed by atoms with Crippen molar-refractivity contribution in [2.24, 2.45) is 0 Å². The predicted molar refractivity (Wildman–Crippen MR) is 106 cm³/mol. The molecule has 1 aliphatic rings. The summed E-state index contributed by atoms with van der Waals surface area (Å²) in [5, 5.41) is 11.3. The van der Waals surface area contributed by atoms with Crippen molar-refractivity contribution in [3.8, 4) is 5.82 Å².